The van der Waals surface area contributed by atoms with Crippen LogP contribution in [0.5, 0.6) is 0 Å². The van der Waals surface area contributed by atoms with E-state index in [9.17, 15) is 18.0 Å². The maximum Gasteiger partial charge on any atom is 0.264 e. The lowest BCUT2D eigenvalue weighted by molar-refractivity contribution is -0.140. The number of anilines is 1. The predicted molar refractivity (Wildman–Crippen MR) is 186 cm³/mol. The second-order valence-corrected chi connectivity index (χ2v) is 14.3. The summed E-state index contributed by atoms with van der Waals surface area (Å²) < 4.78 is 29.1. The highest BCUT2D eigenvalue weighted by atomic mass is 35.5. The Morgan fingerprint density at radius 2 is 1.41 bits per heavy atom. The number of nitrogens with zero attached hydrogens (tertiary/aromatic N) is 2. The van der Waals surface area contributed by atoms with Gasteiger partial charge < -0.3 is 10.2 Å². The molecule has 4 rings (SSSR count). The van der Waals surface area contributed by atoms with Crippen molar-refractivity contribution in [1.29, 1.82) is 0 Å². The smallest absolute Gasteiger partial charge is 0.264 e. The summed E-state index contributed by atoms with van der Waals surface area (Å²) in [5.41, 5.74) is 1.42. The molecule has 2 atom stereocenters. The molecule has 0 heterocycles. The van der Waals surface area contributed by atoms with Crippen LogP contribution in [0.25, 0.3) is 0 Å². The molecule has 0 radical (unpaired) electrons. The van der Waals surface area contributed by atoms with E-state index in [2.05, 4.69) is 5.32 Å². The van der Waals surface area contributed by atoms with Crippen molar-refractivity contribution in [1.82, 2.24) is 10.2 Å². The molecule has 0 aliphatic carbocycles. The third-order valence-electron chi connectivity index (χ3n) is 7.37. The predicted octanol–water partition coefficient (Wildman–Crippen LogP) is 8.05. The SMILES string of the molecule is CC[C@H](C)NC(=O)[C@H](Cc1ccccc1)N(Cc1ccc(Cl)cc1Cl)C(=O)CN(c1cc(Cl)cc(Cl)c1)S(=O)(=O)c1ccccc1. The van der Waals surface area contributed by atoms with Gasteiger partial charge in [0, 0.05) is 39.1 Å². The molecule has 0 fully saturated rings. The van der Waals surface area contributed by atoms with Gasteiger partial charge in [-0.1, -0.05) is 108 Å². The Morgan fingerprint density at radius 1 is 0.804 bits per heavy atom. The Balaban J connectivity index is 1.85. The fourth-order valence-corrected chi connectivity index (χ4v) is 7.16. The van der Waals surface area contributed by atoms with Gasteiger partial charge in [0.05, 0.1) is 10.6 Å². The lowest BCUT2D eigenvalue weighted by atomic mass is 10.0. The van der Waals surface area contributed by atoms with E-state index in [1.54, 1.807) is 36.4 Å². The average Bonchev–Trinajstić information content (AvgIpc) is 3.02. The summed E-state index contributed by atoms with van der Waals surface area (Å²) in [5.74, 6) is -1.04. The van der Waals surface area contributed by atoms with Gasteiger partial charge in [0.1, 0.15) is 12.6 Å². The minimum atomic E-state index is -4.31. The summed E-state index contributed by atoms with van der Waals surface area (Å²) in [6, 6.07) is 24.9. The quantitative estimate of drug-likeness (QED) is 0.152. The molecule has 7 nitrogen and oxygen atoms in total. The van der Waals surface area contributed by atoms with Gasteiger partial charge in [0.2, 0.25) is 11.8 Å². The lowest BCUT2D eigenvalue weighted by Crippen LogP contribution is -2.54. The number of rotatable bonds is 13. The van der Waals surface area contributed by atoms with Gasteiger partial charge in [-0.3, -0.25) is 13.9 Å². The Hall–Kier alpha value is -3.27. The Labute approximate surface area is 290 Å². The van der Waals surface area contributed by atoms with E-state index in [4.69, 9.17) is 46.4 Å². The molecular formula is C34H33Cl4N3O4S. The van der Waals surface area contributed by atoms with Crippen LogP contribution < -0.4 is 9.62 Å². The van der Waals surface area contributed by atoms with Gasteiger partial charge in [0.15, 0.2) is 0 Å². The summed E-state index contributed by atoms with van der Waals surface area (Å²) in [5, 5.41) is 4.06. The van der Waals surface area contributed by atoms with Gasteiger partial charge in [0.25, 0.3) is 10.0 Å². The van der Waals surface area contributed by atoms with Crippen molar-refractivity contribution in [3.8, 4) is 0 Å². The number of benzene rings is 4. The summed E-state index contributed by atoms with van der Waals surface area (Å²) in [6.45, 7) is 3.05. The van der Waals surface area contributed by atoms with Crippen molar-refractivity contribution in [2.24, 2.45) is 0 Å². The number of sulfonamides is 1. The Kier molecular flexibility index (Phi) is 12.4. The zero-order valence-corrected chi connectivity index (χ0v) is 29.0. The summed E-state index contributed by atoms with van der Waals surface area (Å²) in [6.07, 6.45) is 0.827. The number of carbonyl (C=O) groups excluding carboxylic acids is 2. The number of amides is 2. The first-order valence-electron chi connectivity index (χ1n) is 14.5. The highest BCUT2D eigenvalue weighted by Crippen LogP contribution is 2.31. The van der Waals surface area contributed by atoms with Gasteiger partial charge in [-0.2, -0.15) is 0 Å². The fraction of sp³-hybridized carbons (Fsp3) is 0.235. The first kappa shape index (κ1) is 35.6. The van der Waals surface area contributed by atoms with E-state index < -0.39 is 28.5 Å². The number of carbonyl (C=O) groups is 2. The van der Waals surface area contributed by atoms with Gasteiger partial charge >= 0.3 is 0 Å². The molecule has 4 aromatic carbocycles. The second-order valence-electron chi connectivity index (χ2n) is 10.7. The largest absolute Gasteiger partial charge is 0.352 e. The standard InChI is InChI=1S/C34H33Cl4N3O4S/c1-3-23(2)39-34(43)32(16-24-10-6-4-7-11-24)40(21-25-14-15-26(35)20-31(25)38)33(42)22-41(29-18-27(36)17-28(37)19-29)46(44,45)30-12-8-5-9-13-30/h4-15,17-20,23,32H,3,16,21-22H2,1-2H3,(H,39,43)/t23-,32-/m0/s1. The van der Waals surface area contributed by atoms with Gasteiger partial charge in [-0.25, -0.2) is 8.42 Å². The highest BCUT2D eigenvalue weighted by molar-refractivity contribution is 7.92. The van der Waals surface area contributed by atoms with E-state index in [-0.39, 0.29) is 45.5 Å². The molecule has 0 aromatic heterocycles. The minimum absolute atomic E-state index is 0.0402. The highest BCUT2D eigenvalue weighted by Gasteiger charge is 2.35. The van der Waals surface area contributed by atoms with Crippen LogP contribution in [0.2, 0.25) is 20.1 Å². The normalized spacial score (nSPS) is 12.7. The van der Waals surface area contributed by atoms with Gasteiger partial charge in [-0.15, -0.1) is 0 Å². The lowest BCUT2D eigenvalue weighted by Gasteiger charge is -2.34. The van der Waals surface area contributed by atoms with Crippen molar-refractivity contribution < 1.29 is 18.0 Å². The van der Waals surface area contributed by atoms with Crippen LogP contribution in [0.15, 0.2) is 102 Å². The van der Waals surface area contributed by atoms with Crippen molar-refractivity contribution in [3.05, 3.63) is 128 Å². The van der Waals surface area contributed by atoms with Crippen molar-refractivity contribution in [3.63, 3.8) is 0 Å². The number of halogens is 4. The van der Waals surface area contributed by atoms with Crippen molar-refractivity contribution >= 4 is 73.9 Å². The zero-order valence-electron chi connectivity index (χ0n) is 25.2. The number of hydrogen-bond donors (Lipinski definition) is 1. The Bertz CT molecular complexity index is 1760. The van der Waals surface area contributed by atoms with Crippen LogP contribution >= 0.6 is 46.4 Å². The third kappa shape index (κ3) is 9.17. The molecule has 0 bridgehead atoms. The summed E-state index contributed by atoms with van der Waals surface area (Å²) in [4.78, 5) is 29.8. The number of hydrogen-bond acceptors (Lipinski definition) is 4. The maximum atomic E-state index is 14.6. The first-order chi connectivity index (χ1) is 21.9. The molecule has 46 heavy (non-hydrogen) atoms. The molecule has 0 unspecified atom stereocenters. The van der Waals surface area contributed by atoms with Crippen molar-refractivity contribution in [2.45, 2.75) is 50.2 Å². The Morgan fingerprint density at radius 3 is 2.00 bits per heavy atom. The van der Waals surface area contributed by atoms with E-state index >= 15 is 0 Å². The van der Waals surface area contributed by atoms with E-state index in [0.29, 0.717) is 22.0 Å². The fourth-order valence-electron chi connectivity index (χ4n) is 4.76. The van der Waals surface area contributed by atoms with Crippen LogP contribution in [0.3, 0.4) is 0 Å². The van der Waals surface area contributed by atoms with E-state index in [1.807, 2.05) is 44.2 Å². The molecule has 4 aromatic rings. The molecule has 242 valence electrons. The molecule has 1 N–H and O–H groups in total. The van der Waals surface area contributed by atoms with Crippen LogP contribution in [0.4, 0.5) is 5.69 Å². The van der Waals surface area contributed by atoms with Gasteiger partial charge in [-0.05, 0) is 66.9 Å². The number of nitrogens with one attached hydrogen (secondary N) is 1. The van der Waals surface area contributed by atoms with Crippen LogP contribution in [0.1, 0.15) is 31.4 Å². The molecule has 2 amide bonds. The topological polar surface area (TPSA) is 86.8 Å². The van der Waals surface area contributed by atoms with E-state index in [1.165, 1.54) is 35.2 Å². The van der Waals surface area contributed by atoms with Crippen molar-refractivity contribution in [2.75, 3.05) is 10.8 Å². The van der Waals surface area contributed by atoms with Crippen LogP contribution in [-0.2, 0) is 32.6 Å². The molecular weight excluding hydrogens is 688 g/mol. The maximum absolute atomic E-state index is 14.6. The third-order valence-corrected chi connectivity index (χ3v) is 10.2. The van der Waals surface area contributed by atoms with Crippen LogP contribution in [-0.4, -0.2) is 43.8 Å². The molecule has 0 saturated heterocycles. The molecule has 0 aliphatic heterocycles. The zero-order chi connectivity index (χ0) is 33.4. The monoisotopic (exact) mass is 719 g/mol. The summed E-state index contributed by atoms with van der Waals surface area (Å²) in [7, 11) is -4.31. The second kappa shape index (κ2) is 16.0. The minimum Gasteiger partial charge on any atom is -0.352 e. The summed E-state index contributed by atoms with van der Waals surface area (Å²) >= 11 is 25.3. The molecule has 0 saturated carbocycles. The molecule has 12 heteroatoms. The first-order valence-corrected chi connectivity index (χ1v) is 17.5. The van der Waals surface area contributed by atoms with Crippen LogP contribution in [0, 0.1) is 0 Å². The molecule has 0 spiro atoms. The average molecular weight is 722 g/mol. The molecule has 0 aliphatic rings. The van der Waals surface area contributed by atoms with E-state index in [0.717, 1.165) is 9.87 Å².